The molecule has 1 saturated carbocycles. The van der Waals surface area contributed by atoms with E-state index >= 15 is 0 Å². The van der Waals surface area contributed by atoms with Crippen LogP contribution in [0.5, 0.6) is 0 Å². The smallest absolute Gasteiger partial charge is 0.215 e. The highest BCUT2D eigenvalue weighted by Gasteiger charge is 2.22. The summed E-state index contributed by atoms with van der Waals surface area (Å²) < 4.78 is 1.92. The molecular formula is C13H17N5OS. The lowest BCUT2D eigenvalue weighted by Crippen LogP contribution is -2.08. The van der Waals surface area contributed by atoms with Crippen LogP contribution in [0, 0.1) is 0 Å². The predicted octanol–water partition coefficient (Wildman–Crippen LogP) is 2.39. The molecule has 20 heavy (non-hydrogen) atoms. The van der Waals surface area contributed by atoms with Gasteiger partial charge >= 0.3 is 0 Å². The minimum atomic E-state index is -0.495. The molecule has 2 heterocycles. The minimum absolute atomic E-state index is 0.421. The Labute approximate surface area is 121 Å². The van der Waals surface area contributed by atoms with Gasteiger partial charge in [-0.1, -0.05) is 18.9 Å². The van der Waals surface area contributed by atoms with Crippen molar-refractivity contribution in [3.05, 3.63) is 23.9 Å². The Balaban J connectivity index is 1.76. The second-order valence-electron chi connectivity index (χ2n) is 5.05. The summed E-state index contributed by atoms with van der Waals surface area (Å²) in [6.45, 7) is 1.73. The molecule has 0 bridgehead atoms. The van der Waals surface area contributed by atoms with E-state index in [0.717, 1.165) is 28.6 Å². The fourth-order valence-electron chi connectivity index (χ4n) is 2.42. The zero-order valence-corrected chi connectivity index (χ0v) is 12.1. The molecule has 1 aliphatic rings. The molecule has 0 unspecified atom stereocenters. The van der Waals surface area contributed by atoms with Gasteiger partial charge in [-0.05, 0) is 53.6 Å². The van der Waals surface area contributed by atoms with E-state index in [2.05, 4.69) is 20.5 Å². The van der Waals surface area contributed by atoms with E-state index in [1.54, 1.807) is 13.1 Å². The molecule has 1 N–H and O–H groups in total. The van der Waals surface area contributed by atoms with Gasteiger partial charge in [0.2, 0.25) is 5.16 Å². The van der Waals surface area contributed by atoms with Gasteiger partial charge in [0, 0.05) is 6.20 Å². The van der Waals surface area contributed by atoms with Crippen LogP contribution in [0.4, 0.5) is 0 Å². The number of tetrazole rings is 1. The summed E-state index contributed by atoms with van der Waals surface area (Å²) in [6.07, 6.45) is 5.98. The number of nitrogens with zero attached hydrogens (tertiary/aromatic N) is 5. The Bertz CT molecular complexity index is 562. The molecule has 1 aliphatic carbocycles. The number of hydrogen-bond acceptors (Lipinski definition) is 6. The Morgan fingerprint density at radius 1 is 1.35 bits per heavy atom. The molecular weight excluding hydrogens is 274 g/mol. The first-order chi connectivity index (χ1) is 9.74. The molecule has 2 aromatic heterocycles. The molecule has 6 nitrogen and oxygen atoms in total. The molecule has 106 valence electrons. The van der Waals surface area contributed by atoms with Gasteiger partial charge in [0.05, 0.1) is 12.1 Å². The van der Waals surface area contributed by atoms with Crippen LogP contribution in [0.15, 0.2) is 28.5 Å². The highest BCUT2D eigenvalue weighted by molar-refractivity contribution is 7.99. The monoisotopic (exact) mass is 291 g/mol. The van der Waals surface area contributed by atoms with Crippen molar-refractivity contribution in [3.63, 3.8) is 0 Å². The van der Waals surface area contributed by atoms with Crippen molar-refractivity contribution in [3.8, 4) is 0 Å². The summed E-state index contributed by atoms with van der Waals surface area (Å²) in [6, 6.07) is 4.19. The molecule has 1 atom stereocenters. The van der Waals surface area contributed by atoms with Crippen molar-refractivity contribution in [2.45, 2.75) is 54.9 Å². The van der Waals surface area contributed by atoms with Crippen LogP contribution < -0.4 is 0 Å². The first-order valence-corrected chi connectivity index (χ1v) is 7.65. The van der Waals surface area contributed by atoms with Crippen LogP contribution in [0.2, 0.25) is 0 Å². The van der Waals surface area contributed by atoms with Gasteiger partial charge in [0.15, 0.2) is 0 Å². The first-order valence-electron chi connectivity index (χ1n) is 6.84. The predicted molar refractivity (Wildman–Crippen MR) is 74.3 cm³/mol. The molecule has 1 fully saturated rings. The summed E-state index contributed by atoms with van der Waals surface area (Å²) in [5.41, 5.74) is 0.810. The maximum absolute atomic E-state index is 9.48. The molecule has 0 amide bonds. The van der Waals surface area contributed by atoms with Gasteiger partial charge in [-0.25, -0.2) is 9.67 Å². The fraction of sp³-hybridized carbons (Fsp3) is 0.538. The lowest BCUT2D eigenvalue weighted by molar-refractivity contribution is 0.198. The molecule has 0 saturated heterocycles. The lowest BCUT2D eigenvalue weighted by atomic mass is 10.2. The normalized spacial score (nSPS) is 17.5. The number of pyridine rings is 1. The van der Waals surface area contributed by atoms with E-state index in [4.69, 9.17) is 0 Å². The van der Waals surface area contributed by atoms with E-state index in [1.807, 2.05) is 16.8 Å². The van der Waals surface area contributed by atoms with Crippen LogP contribution in [0.1, 0.15) is 50.3 Å². The molecule has 0 aromatic carbocycles. The van der Waals surface area contributed by atoms with E-state index in [-0.39, 0.29) is 0 Å². The Morgan fingerprint density at radius 2 is 2.15 bits per heavy atom. The van der Waals surface area contributed by atoms with Crippen molar-refractivity contribution in [2.75, 3.05) is 0 Å². The summed E-state index contributed by atoms with van der Waals surface area (Å²) in [5, 5.41) is 23.1. The zero-order valence-electron chi connectivity index (χ0n) is 11.3. The van der Waals surface area contributed by atoms with Gasteiger partial charge in [-0.2, -0.15) is 0 Å². The number of rotatable bonds is 4. The third kappa shape index (κ3) is 2.83. The molecule has 0 radical (unpaired) electrons. The molecule has 3 rings (SSSR count). The van der Waals surface area contributed by atoms with Gasteiger partial charge in [0.25, 0.3) is 0 Å². The Kier molecular flexibility index (Phi) is 3.98. The largest absolute Gasteiger partial charge is 0.389 e. The molecule has 0 spiro atoms. The topological polar surface area (TPSA) is 76.7 Å². The van der Waals surface area contributed by atoms with Crippen molar-refractivity contribution in [2.24, 2.45) is 0 Å². The third-order valence-corrected chi connectivity index (χ3v) is 4.47. The molecule has 0 aliphatic heterocycles. The quantitative estimate of drug-likeness (QED) is 0.932. The Morgan fingerprint density at radius 3 is 2.80 bits per heavy atom. The van der Waals surface area contributed by atoms with Crippen molar-refractivity contribution in [1.82, 2.24) is 25.2 Å². The lowest BCUT2D eigenvalue weighted by Gasteiger charge is -2.10. The molecule has 2 aromatic rings. The standard InChI is InChI=1S/C13H17N5OS/c1-9(19)10-6-7-12(14-8-10)20-13-15-16-17-18(13)11-4-2-3-5-11/h6-9,11,19H,2-5H2,1H3/t9-/m0/s1. The first kappa shape index (κ1) is 13.5. The van der Waals surface area contributed by atoms with Crippen molar-refractivity contribution < 1.29 is 5.11 Å². The van der Waals surface area contributed by atoms with E-state index < -0.39 is 6.10 Å². The second kappa shape index (κ2) is 5.88. The summed E-state index contributed by atoms with van der Waals surface area (Å²) in [4.78, 5) is 4.34. The summed E-state index contributed by atoms with van der Waals surface area (Å²) in [7, 11) is 0. The van der Waals surface area contributed by atoms with Crippen molar-refractivity contribution >= 4 is 11.8 Å². The van der Waals surface area contributed by atoms with Crippen LogP contribution in [-0.4, -0.2) is 30.3 Å². The zero-order chi connectivity index (χ0) is 13.9. The SMILES string of the molecule is C[C@H](O)c1ccc(Sc2nnnn2C2CCCC2)nc1. The van der Waals surface area contributed by atoms with Crippen LogP contribution in [0.3, 0.4) is 0 Å². The van der Waals surface area contributed by atoms with Gasteiger partial charge in [-0.15, -0.1) is 5.10 Å². The summed E-state index contributed by atoms with van der Waals surface area (Å²) in [5.74, 6) is 0. The number of hydrogen-bond donors (Lipinski definition) is 1. The van der Waals surface area contributed by atoms with E-state index in [0.29, 0.717) is 6.04 Å². The Hall–Kier alpha value is -1.47. The van der Waals surface area contributed by atoms with Gasteiger partial charge in [0.1, 0.15) is 5.03 Å². The third-order valence-electron chi connectivity index (χ3n) is 3.57. The highest BCUT2D eigenvalue weighted by atomic mass is 32.2. The minimum Gasteiger partial charge on any atom is -0.389 e. The molecule has 7 heteroatoms. The number of aromatic nitrogens is 5. The van der Waals surface area contributed by atoms with Crippen LogP contribution >= 0.6 is 11.8 Å². The fourth-order valence-corrected chi connectivity index (χ4v) is 3.21. The van der Waals surface area contributed by atoms with Gasteiger partial charge < -0.3 is 5.11 Å². The van der Waals surface area contributed by atoms with Crippen LogP contribution in [-0.2, 0) is 0 Å². The van der Waals surface area contributed by atoms with E-state index in [1.165, 1.54) is 24.6 Å². The number of aliphatic hydroxyl groups excluding tert-OH is 1. The van der Waals surface area contributed by atoms with Crippen LogP contribution in [0.25, 0.3) is 0 Å². The van der Waals surface area contributed by atoms with Gasteiger partial charge in [-0.3, -0.25) is 0 Å². The van der Waals surface area contributed by atoms with Crippen molar-refractivity contribution in [1.29, 1.82) is 0 Å². The number of aliphatic hydroxyl groups is 1. The summed E-state index contributed by atoms with van der Waals surface area (Å²) >= 11 is 1.46. The average molecular weight is 291 g/mol. The van der Waals surface area contributed by atoms with E-state index in [9.17, 15) is 5.11 Å². The average Bonchev–Trinajstić information content (AvgIpc) is 3.09. The maximum Gasteiger partial charge on any atom is 0.215 e. The second-order valence-corrected chi connectivity index (χ2v) is 6.04. The highest BCUT2D eigenvalue weighted by Crippen LogP contribution is 2.33. The maximum atomic E-state index is 9.48.